The summed E-state index contributed by atoms with van der Waals surface area (Å²) in [5.41, 5.74) is 0. The van der Waals surface area contributed by atoms with Gasteiger partial charge >= 0.3 is 0 Å². The van der Waals surface area contributed by atoms with Crippen LogP contribution in [-0.4, -0.2) is 70.2 Å². The van der Waals surface area contributed by atoms with Crippen molar-refractivity contribution in [2.45, 2.75) is 6.42 Å². The lowest BCUT2D eigenvalue weighted by atomic mass is 9.85. The molecule has 4 aliphatic rings. The van der Waals surface area contributed by atoms with Crippen molar-refractivity contribution < 1.29 is 14.4 Å². The van der Waals surface area contributed by atoms with Crippen LogP contribution in [0.2, 0.25) is 0 Å². The zero-order valence-electron chi connectivity index (χ0n) is 14.9. The maximum absolute atomic E-state index is 12.7. The number of amides is 3. The minimum absolute atomic E-state index is 0.133. The van der Waals surface area contributed by atoms with Crippen molar-refractivity contribution in [2.24, 2.45) is 23.7 Å². The fourth-order valence-electron chi connectivity index (χ4n) is 4.97. The second-order valence-corrected chi connectivity index (χ2v) is 7.68. The van der Waals surface area contributed by atoms with Crippen LogP contribution in [0.25, 0.3) is 0 Å². The standard InChI is InChI=1S/C19H21N5O3/c25-14(22-6-8-23(9-7-22)19-20-4-1-5-21-19)11-24-17(26)15-12-2-3-13(10-12)16(15)18(24)27/h1-5,12-13,15-16H,6-11H2/t12-,13+,15-,16-/m0/s1. The molecule has 1 aromatic heterocycles. The van der Waals surface area contributed by atoms with E-state index < -0.39 is 0 Å². The summed E-state index contributed by atoms with van der Waals surface area (Å²) < 4.78 is 0. The van der Waals surface area contributed by atoms with E-state index >= 15 is 0 Å². The number of likely N-dealkylation sites (tertiary alicyclic amines) is 1. The topological polar surface area (TPSA) is 86.7 Å². The number of aromatic nitrogens is 2. The van der Waals surface area contributed by atoms with Gasteiger partial charge in [0, 0.05) is 38.6 Å². The Morgan fingerprint density at radius 1 is 0.963 bits per heavy atom. The summed E-state index contributed by atoms with van der Waals surface area (Å²) in [5, 5.41) is 0. The summed E-state index contributed by atoms with van der Waals surface area (Å²) in [4.78, 5) is 51.6. The quantitative estimate of drug-likeness (QED) is 0.549. The highest BCUT2D eigenvalue weighted by Gasteiger charge is 2.59. The first kappa shape index (κ1) is 16.4. The van der Waals surface area contributed by atoms with Crippen molar-refractivity contribution in [1.29, 1.82) is 0 Å². The van der Waals surface area contributed by atoms with Gasteiger partial charge in [0.1, 0.15) is 6.54 Å². The minimum atomic E-state index is -0.243. The van der Waals surface area contributed by atoms with E-state index in [2.05, 4.69) is 22.1 Å². The first-order valence-corrected chi connectivity index (χ1v) is 9.47. The van der Waals surface area contributed by atoms with Crippen molar-refractivity contribution in [3.63, 3.8) is 0 Å². The van der Waals surface area contributed by atoms with Crippen LogP contribution in [0.4, 0.5) is 5.95 Å². The van der Waals surface area contributed by atoms with Gasteiger partial charge in [-0.15, -0.1) is 0 Å². The van der Waals surface area contributed by atoms with E-state index in [0.29, 0.717) is 32.1 Å². The van der Waals surface area contributed by atoms with Gasteiger partial charge in [-0.25, -0.2) is 9.97 Å². The Bertz CT molecular complexity index is 788. The molecule has 2 aliphatic heterocycles. The third-order valence-corrected chi connectivity index (χ3v) is 6.32. The van der Waals surface area contributed by atoms with Crippen LogP contribution < -0.4 is 4.90 Å². The van der Waals surface area contributed by atoms with Crippen molar-refractivity contribution in [1.82, 2.24) is 19.8 Å². The molecule has 1 saturated carbocycles. The van der Waals surface area contributed by atoms with Gasteiger partial charge in [0.15, 0.2) is 0 Å². The van der Waals surface area contributed by atoms with E-state index in [1.54, 1.807) is 23.4 Å². The van der Waals surface area contributed by atoms with Gasteiger partial charge in [-0.3, -0.25) is 19.3 Å². The number of allylic oxidation sites excluding steroid dienone is 2. The van der Waals surface area contributed by atoms with Crippen LogP contribution in [0, 0.1) is 23.7 Å². The molecule has 3 amide bonds. The van der Waals surface area contributed by atoms with E-state index in [1.165, 1.54) is 4.90 Å². The Morgan fingerprint density at radius 2 is 1.56 bits per heavy atom. The van der Waals surface area contributed by atoms with Gasteiger partial charge < -0.3 is 9.80 Å². The maximum Gasteiger partial charge on any atom is 0.242 e. The number of hydrogen-bond donors (Lipinski definition) is 0. The second-order valence-electron chi connectivity index (χ2n) is 7.68. The van der Waals surface area contributed by atoms with E-state index in [0.717, 1.165) is 6.42 Å². The van der Waals surface area contributed by atoms with Gasteiger partial charge in [0.25, 0.3) is 0 Å². The zero-order chi connectivity index (χ0) is 18.5. The molecule has 4 atom stereocenters. The lowest BCUT2D eigenvalue weighted by molar-refractivity contribution is -0.147. The predicted molar refractivity (Wildman–Crippen MR) is 95.3 cm³/mol. The number of nitrogens with zero attached hydrogens (tertiary/aromatic N) is 5. The maximum atomic E-state index is 12.7. The fraction of sp³-hybridized carbons (Fsp3) is 0.526. The monoisotopic (exact) mass is 367 g/mol. The van der Waals surface area contributed by atoms with Gasteiger partial charge in [-0.2, -0.15) is 0 Å². The summed E-state index contributed by atoms with van der Waals surface area (Å²) in [6, 6.07) is 1.77. The van der Waals surface area contributed by atoms with Crippen molar-refractivity contribution in [3.05, 3.63) is 30.6 Å². The minimum Gasteiger partial charge on any atom is -0.338 e. The molecule has 0 aromatic carbocycles. The number of hydrogen-bond acceptors (Lipinski definition) is 6. The molecule has 2 saturated heterocycles. The number of carbonyl (C=O) groups is 3. The molecule has 0 radical (unpaired) electrons. The Balaban J connectivity index is 1.21. The van der Waals surface area contributed by atoms with Gasteiger partial charge in [-0.1, -0.05) is 12.2 Å². The third kappa shape index (κ3) is 2.54. The Kier molecular flexibility index (Phi) is 3.73. The summed E-state index contributed by atoms with van der Waals surface area (Å²) in [7, 11) is 0. The highest BCUT2D eigenvalue weighted by atomic mass is 16.2. The average Bonchev–Trinajstić information content (AvgIpc) is 3.39. The molecular formula is C19H21N5O3. The number of fused-ring (bicyclic) bond motifs is 5. The smallest absolute Gasteiger partial charge is 0.242 e. The first-order chi connectivity index (χ1) is 13.1. The van der Waals surface area contributed by atoms with Crippen LogP contribution in [0.15, 0.2) is 30.6 Å². The summed E-state index contributed by atoms with van der Waals surface area (Å²) in [6.45, 7) is 2.21. The summed E-state index contributed by atoms with van der Waals surface area (Å²) in [6.07, 6.45) is 8.42. The SMILES string of the molecule is O=C(CN1C(=O)[C@@H]2[C@@H](C1=O)[C@H]1C=C[C@@H]2C1)N1CCN(c2ncccn2)CC1. The van der Waals surface area contributed by atoms with Crippen LogP contribution in [0.3, 0.4) is 0 Å². The number of rotatable bonds is 3. The molecular weight excluding hydrogens is 346 g/mol. The molecule has 0 spiro atoms. The largest absolute Gasteiger partial charge is 0.338 e. The van der Waals surface area contributed by atoms with Crippen LogP contribution >= 0.6 is 0 Å². The molecule has 5 rings (SSSR count). The van der Waals surface area contributed by atoms with E-state index in [1.807, 2.05) is 4.90 Å². The molecule has 2 aliphatic carbocycles. The highest BCUT2D eigenvalue weighted by molar-refractivity contribution is 6.08. The van der Waals surface area contributed by atoms with E-state index in [4.69, 9.17) is 0 Å². The Morgan fingerprint density at radius 3 is 2.15 bits per heavy atom. The average molecular weight is 367 g/mol. The molecule has 140 valence electrons. The van der Waals surface area contributed by atoms with Crippen molar-refractivity contribution >= 4 is 23.7 Å². The van der Waals surface area contributed by atoms with Crippen molar-refractivity contribution in [3.8, 4) is 0 Å². The van der Waals surface area contributed by atoms with E-state index in [-0.39, 0.29) is 47.9 Å². The summed E-state index contributed by atoms with van der Waals surface area (Å²) >= 11 is 0. The lowest BCUT2D eigenvalue weighted by Crippen LogP contribution is -2.52. The van der Waals surface area contributed by atoms with E-state index in [9.17, 15) is 14.4 Å². The number of piperazine rings is 1. The molecule has 3 fully saturated rings. The molecule has 3 heterocycles. The first-order valence-electron chi connectivity index (χ1n) is 9.47. The van der Waals surface area contributed by atoms with Gasteiger partial charge in [-0.05, 0) is 24.3 Å². The van der Waals surface area contributed by atoms with Gasteiger partial charge in [0.05, 0.1) is 11.8 Å². The predicted octanol–water partition coefficient (Wildman–Crippen LogP) is -0.0677. The van der Waals surface area contributed by atoms with Crippen LogP contribution in [0.5, 0.6) is 0 Å². The van der Waals surface area contributed by atoms with Crippen LogP contribution in [-0.2, 0) is 14.4 Å². The molecule has 1 aromatic rings. The molecule has 0 N–H and O–H groups in total. The molecule has 0 unspecified atom stereocenters. The normalized spacial score (nSPS) is 31.8. The molecule has 27 heavy (non-hydrogen) atoms. The number of imide groups is 1. The number of carbonyl (C=O) groups excluding carboxylic acids is 3. The fourth-order valence-corrected chi connectivity index (χ4v) is 4.97. The molecule has 8 heteroatoms. The third-order valence-electron chi connectivity index (χ3n) is 6.32. The number of anilines is 1. The Labute approximate surface area is 156 Å². The highest BCUT2D eigenvalue weighted by Crippen LogP contribution is 2.52. The molecule has 2 bridgehead atoms. The Hall–Kier alpha value is -2.77. The van der Waals surface area contributed by atoms with Gasteiger partial charge in [0.2, 0.25) is 23.7 Å². The lowest BCUT2D eigenvalue weighted by Gasteiger charge is -2.35. The van der Waals surface area contributed by atoms with Crippen LogP contribution in [0.1, 0.15) is 6.42 Å². The summed E-state index contributed by atoms with van der Waals surface area (Å²) in [5.74, 6) is 0.0330. The second kappa shape index (κ2) is 6.14. The zero-order valence-corrected chi connectivity index (χ0v) is 14.9. The van der Waals surface area contributed by atoms with Crippen molar-refractivity contribution in [2.75, 3.05) is 37.6 Å². The molecule has 8 nitrogen and oxygen atoms in total.